The number of aldehydes is 1. The molecule has 23 heavy (non-hydrogen) atoms. The van der Waals surface area contributed by atoms with Crippen molar-refractivity contribution in [3.63, 3.8) is 0 Å². The van der Waals surface area contributed by atoms with E-state index in [1.807, 2.05) is 0 Å². The standard InChI is InChI=1S/C8HF14O/c9-2(10)4(13,14)6(17,18)8(21,22)7(19,20)5(15,16)3(11,12)1-23/h1H. The average molecular weight is 379 g/mol. The molecule has 0 saturated heterocycles. The Bertz CT molecular complexity index is 452. The maximum absolute atomic E-state index is 12.7. The van der Waals surface area contributed by atoms with Crippen molar-refractivity contribution >= 4 is 6.29 Å². The van der Waals surface area contributed by atoms with Crippen molar-refractivity contribution in [1.29, 1.82) is 0 Å². The minimum atomic E-state index is -8.11. The molecule has 0 aromatic carbocycles. The second kappa shape index (κ2) is 5.36. The molecular formula is C8HF14O. The lowest BCUT2D eigenvalue weighted by molar-refractivity contribution is -0.421. The Balaban J connectivity index is 6.34. The smallest absolute Gasteiger partial charge is 0.296 e. The van der Waals surface area contributed by atoms with E-state index in [-0.39, 0.29) is 0 Å². The lowest BCUT2D eigenvalue weighted by Gasteiger charge is -2.39. The Morgan fingerprint density at radius 2 is 0.870 bits per heavy atom. The average Bonchev–Trinajstić information content (AvgIpc) is 2.37. The number of hydrogen-bond acceptors (Lipinski definition) is 1. The third kappa shape index (κ3) is 2.60. The van der Waals surface area contributed by atoms with Crippen LogP contribution in [0, 0.1) is 6.43 Å². The van der Waals surface area contributed by atoms with Gasteiger partial charge in [0.1, 0.15) is 0 Å². The number of halogens is 14. The molecule has 0 atom stereocenters. The minimum absolute atomic E-state index is 2.34. The highest BCUT2D eigenvalue weighted by Gasteiger charge is 2.91. The highest BCUT2D eigenvalue weighted by molar-refractivity contribution is 5.62. The Morgan fingerprint density at radius 3 is 1.13 bits per heavy atom. The number of carbonyl (C=O) groups excluding carboxylic acids is 1. The molecule has 0 N–H and O–H groups in total. The third-order valence-corrected chi connectivity index (χ3v) is 2.38. The first-order valence-electron chi connectivity index (χ1n) is 4.67. The van der Waals surface area contributed by atoms with Crippen LogP contribution in [0.3, 0.4) is 0 Å². The van der Waals surface area contributed by atoms with Crippen molar-refractivity contribution in [1.82, 2.24) is 0 Å². The zero-order chi connectivity index (χ0) is 19.3. The zero-order valence-electron chi connectivity index (χ0n) is 9.78. The highest BCUT2D eigenvalue weighted by Crippen LogP contribution is 2.61. The Hall–Kier alpha value is -1.31. The molecule has 0 spiro atoms. The van der Waals surface area contributed by atoms with Gasteiger partial charge >= 0.3 is 42.0 Å². The molecule has 0 aliphatic rings. The molecule has 0 aliphatic carbocycles. The van der Waals surface area contributed by atoms with Crippen molar-refractivity contribution in [3.05, 3.63) is 6.43 Å². The second-order valence-electron chi connectivity index (χ2n) is 3.87. The first kappa shape index (κ1) is 21.7. The van der Waals surface area contributed by atoms with E-state index in [0.29, 0.717) is 0 Å². The van der Waals surface area contributed by atoms with Gasteiger partial charge in [-0.25, -0.2) is 0 Å². The van der Waals surface area contributed by atoms with Gasteiger partial charge in [0.05, 0.1) is 0 Å². The van der Waals surface area contributed by atoms with Crippen LogP contribution in [0.5, 0.6) is 0 Å². The van der Waals surface area contributed by atoms with Gasteiger partial charge < -0.3 is 0 Å². The van der Waals surface area contributed by atoms with Crippen LogP contribution in [-0.2, 0) is 4.79 Å². The van der Waals surface area contributed by atoms with Gasteiger partial charge in [0.25, 0.3) is 0 Å². The van der Waals surface area contributed by atoms with E-state index in [4.69, 9.17) is 0 Å². The molecule has 1 radical (unpaired) electrons. The van der Waals surface area contributed by atoms with E-state index < -0.39 is 48.2 Å². The quantitative estimate of drug-likeness (QED) is 0.473. The normalized spacial score (nSPS) is 16.0. The molecule has 0 saturated carbocycles. The van der Waals surface area contributed by atoms with Crippen molar-refractivity contribution in [3.8, 4) is 0 Å². The van der Waals surface area contributed by atoms with Crippen LogP contribution < -0.4 is 0 Å². The molecule has 0 unspecified atom stereocenters. The Morgan fingerprint density at radius 1 is 0.565 bits per heavy atom. The third-order valence-electron chi connectivity index (χ3n) is 2.38. The molecule has 0 fully saturated rings. The van der Waals surface area contributed by atoms with Gasteiger partial charge in [-0.1, -0.05) is 0 Å². The first-order chi connectivity index (χ1) is 9.75. The van der Waals surface area contributed by atoms with Gasteiger partial charge in [0.2, 0.25) is 0 Å². The monoisotopic (exact) mass is 379 g/mol. The summed E-state index contributed by atoms with van der Waals surface area (Å²) >= 11 is 0. The van der Waals surface area contributed by atoms with Gasteiger partial charge in [0.15, 0.2) is 6.29 Å². The predicted molar refractivity (Wildman–Crippen MR) is 41.2 cm³/mol. The maximum Gasteiger partial charge on any atom is 0.385 e. The first-order valence-corrected chi connectivity index (χ1v) is 4.67. The summed E-state index contributed by atoms with van der Waals surface area (Å²) in [7, 11) is 0. The summed E-state index contributed by atoms with van der Waals surface area (Å²) in [6.07, 6.45) is -7.21. The summed E-state index contributed by atoms with van der Waals surface area (Å²) in [5, 5.41) is 0. The van der Waals surface area contributed by atoms with Crippen LogP contribution in [0.2, 0.25) is 0 Å². The van der Waals surface area contributed by atoms with Gasteiger partial charge in [-0.2, -0.15) is 61.5 Å². The molecule has 0 amide bonds. The second-order valence-corrected chi connectivity index (χ2v) is 3.87. The molecular weight excluding hydrogens is 378 g/mol. The number of hydrogen-bond donors (Lipinski definition) is 0. The van der Waals surface area contributed by atoms with Gasteiger partial charge in [-0.05, 0) is 0 Å². The summed E-state index contributed by atoms with van der Waals surface area (Å²) in [4.78, 5) is 9.53. The number of alkyl halides is 12. The molecule has 0 aromatic rings. The van der Waals surface area contributed by atoms with Crippen LogP contribution in [-0.4, -0.2) is 41.8 Å². The SMILES string of the molecule is O=CC(F)(F)C(F)(F)C(F)(F)C(F)(F)C(F)(F)C(F)(F)[C](F)F. The fraction of sp³-hybridized carbons (Fsp3) is 0.750. The van der Waals surface area contributed by atoms with Gasteiger partial charge in [-0.3, -0.25) is 4.79 Å². The van der Waals surface area contributed by atoms with Crippen LogP contribution in [0.4, 0.5) is 61.5 Å². The van der Waals surface area contributed by atoms with E-state index in [1.54, 1.807) is 0 Å². The molecule has 0 aliphatic heterocycles. The van der Waals surface area contributed by atoms with E-state index in [1.165, 1.54) is 0 Å². The molecule has 0 bridgehead atoms. The van der Waals surface area contributed by atoms with Crippen molar-refractivity contribution < 1.29 is 66.3 Å². The number of rotatable bonds is 7. The maximum atomic E-state index is 12.7. The predicted octanol–water partition coefficient (Wildman–Crippen LogP) is 4.43. The molecule has 1 nitrogen and oxygen atoms in total. The minimum Gasteiger partial charge on any atom is -0.296 e. The zero-order valence-corrected chi connectivity index (χ0v) is 9.78. The fourth-order valence-electron chi connectivity index (χ4n) is 0.994. The van der Waals surface area contributed by atoms with E-state index in [2.05, 4.69) is 0 Å². The molecule has 15 heteroatoms. The summed E-state index contributed by atoms with van der Waals surface area (Å²) in [5.41, 5.74) is 0. The fourth-order valence-corrected chi connectivity index (χ4v) is 0.994. The summed E-state index contributed by atoms with van der Waals surface area (Å²) < 4.78 is 174. The van der Waals surface area contributed by atoms with E-state index >= 15 is 0 Å². The topological polar surface area (TPSA) is 17.1 Å². The summed E-state index contributed by atoms with van der Waals surface area (Å²) in [6, 6.07) is 0. The molecule has 137 valence electrons. The van der Waals surface area contributed by atoms with Gasteiger partial charge in [0, 0.05) is 0 Å². The van der Waals surface area contributed by atoms with Crippen molar-refractivity contribution in [2.75, 3.05) is 0 Å². The van der Waals surface area contributed by atoms with Crippen molar-refractivity contribution in [2.45, 2.75) is 35.5 Å². The highest BCUT2D eigenvalue weighted by atomic mass is 19.4. The van der Waals surface area contributed by atoms with E-state index in [9.17, 15) is 66.3 Å². The van der Waals surface area contributed by atoms with Crippen LogP contribution in [0.1, 0.15) is 0 Å². The number of carbonyl (C=O) groups is 1. The van der Waals surface area contributed by atoms with Crippen LogP contribution in [0.15, 0.2) is 0 Å². The summed E-state index contributed by atoms with van der Waals surface area (Å²) in [6.45, 7) is 0. The molecule has 0 heterocycles. The molecule has 0 rings (SSSR count). The lowest BCUT2D eigenvalue weighted by atomic mass is 9.92. The van der Waals surface area contributed by atoms with Crippen LogP contribution in [0.25, 0.3) is 0 Å². The Kier molecular flexibility index (Phi) is 5.05. The lowest BCUT2D eigenvalue weighted by Crippen LogP contribution is -2.71. The molecule has 0 aromatic heterocycles. The summed E-state index contributed by atoms with van der Waals surface area (Å²) in [5.74, 6) is -45.7. The largest absolute Gasteiger partial charge is 0.385 e. The Labute approximate surface area is 116 Å². The van der Waals surface area contributed by atoms with Crippen LogP contribution >= 0.6 is 0 Å². The van der Waals surface area contributed by atoms with Crippen molar-refractivity contribution in [2.24, 2.45) is 0 Å². The van der Waals surface area contributed by atoms with E-state index in [0.717, 1.165) is 0 Å². The van der Waals surface area contributed by atoms with Gasteiger partial charge in [-0.15, -0.1) is 0 Å².